The maximum absolute atomic E-state index is 7.47. The van der Waals surface area contributed by atoms with Crippen LogP contribution in [0.4, 0.5) is 0 Å². The van der Waals surface area contributed by atoms with Crippen LogP contribution in [0.1, 0.15) is 0 Å². The van der Waals surface area contributed by atoms with Crippen molar-refractivity contribution in [2.24, 2.45) is 0 Å². The molecular weight excluding hydrogens is 874 g/mol. The fourth-order valence-electron chi connectivity index (χ4n) is 10.6. The molecule has 2 nitrogen and oxygen atoms in total. The van der Waals surface area contributed by atoms with Crippen LogP contribution in [0.2, 0.25) is 0 Å². The maximum Gasteiger partial charge on any atom is 0.117 e. The van der Waals surface area contributed by atoms with E-state index in [2.05, 4.69) is 0 Å². The van der Waals surface area contributed by atoms with Crippen LogP contribution in [-0.4, -0.2) is 182 Å². The van der Waals surface area contributed by atoms with Crippen molar-refractivity contribution in [2.75, 3.05) is 0 Å². The summed E-state index contributed by atoms with van der Waals surface area (Å²) < 4.78 is 4.34. The zero-order valence-electron chi connectivity index (χ0n) is 38.6. The average molecular weight is 883 g/mol. The lowest BCUT2D eigenvalue weighted by molar-refractivity contribution is 1.20. The van der Waals surface area contributed by atoms with E-state index in [1.54, 1.807) is 57.7 Å². The Morgan fingerprint density at radius 2 is 0.658 bits per heavy atom. The molecule has 44 radical (unpaired) electrons. The molecule has 0 aliphatic carbocycles. The average Bonchev–Trinajstić information content (AvgIpc) is 4.05. The van der Waals surface area contributed by atoms with Crippen LogP contribution in [0.5, 0.6) is 0 Å². The molecule has 73 heavy (non-hydrogen) atoms. The minimum Gasteiger partial charge on any atom is -0.312 e. The second kappa shape index (κ2) is 17.3. The molecule has 0 fully saturated rings. The van der Waals surface area contributed by atoms with Gasteiger partial charge in [0.2, 0.25) is 0 Å². The Hall–Kier alpha value is -4.99. The number of hydrogen-bond donors (Lipinski definition) is 0. The monoisotopic (exact) mass is 886 g/mol. The molecule has 0 N–H and O–H groups in total. The molecule has 8 aromatic carbocycles. The Morgan fingerprint density at radius 3 is 1.14 bits per heavy atom. The lowest BCUT2D eigenvalue weighted by Crippen LogP contribution is -2.48. The van der Waals surface area contributed by atoms with Gasteiger partial charge in [0, 0.05) is 53.6 Å². The molecule has 0 aliphatic heterocycles. The fourth-order valence-corrected chi connectivity index (χ4v) is 12.0. The molecule has 0 bridgehead atoms. The van der Waals surface area contributed by atoms with E-state index in [0.29, 0.717) is 53.4 Å². The maximum atomic E-state index is 7.47. The largest absolute Gasteiger partial charge is 0.312 e. The summed E-state index contributed by atoms with van der Waals surface area (Å²) in [6, 6.07) is 14.0. The van der Waals surface area contributed by atoms with Gasteiger partial charge in [-0.05, 0) is 49.9 Å². The van der Waals surface area contributed by atoms with Gasteiger partial charge in [-0.2, -0.15) is 0 Å². The molecule has 25 heteroatoms. The molecule has 0 unspecified atom stereocenters. The van der Waals surface area contributed by atoms with Gasteiger partial charge >= 0.3 is 0 Å². The van der Waals surface area contributed by atoms with Crippen molar-refractivity contribution in [2.45, 2.75) is 0 Å². The highest BCUT2D eigenvalue weighted by molar-refractivity contribution is 7.28. The fraction of sp³-hybridized carbons (Fsp3) is 0. The predicted molar refractivity (Wildman–Crippen MR) is 337 cm³/mol. The van der Waals surface area contributed by atoms with Crippen molar-refractivity contribution in [3.63, 3.8) is 0 Å². The third kappa shape index (κ3) is 6.54. The summed E-state index contributed by atoms with van der Waals surface area (Å²) in [5, 5.41) is 1.70. The predicted octanol–water partition coefficient (Wildman–Crippen LogP) is -13.0. The van der Waals surface area contributed by atoms with Gasteiger partial charge in [0.15, 0.2) is 0 Å². The van der Waals surface area contributed by atoms with Gasteiger partial charge in [-0.15, -0.1) is 44.1 Å². The van der Waals surface area contributed by atoms with Gasteiger partial charge in [0.05, 0.1) is 0 Å². The number of rotatable bonds is 4. The summed E-state index contributed by atoms with van der Waals surface area (Å²) in [5.74, 6) is 0. The molecule has 11 rings (SSSR count). The van der Waals surface area contributed by atoms with E-state index in [1.165, 1.54) is 11.3 Å². The number of thiophene rings is 1. The van der Waals surface area contributed by atoms with E-state index in [0.717, 1.165) is 0 Å². The summed E-state index contributed by atoms with van der Waals surface area (Å²) >= 11 is 1.26. The second-order valence-corrected chi connectivity index (χ2v) is 19.0. The van der Waals surface area contributed by atoms with Crippen molar-refractivity contribution in [1.29, 1.82) is 0 Å². The Morgan fingerprint density at radius 1 is 0.274 bits per heavy atom. The SMILES string of the molecule is [B]c1ccc(-c2c([B])c(-n3c4c([B])c([B])c([B])c([B])c4c4c([B])c(-c5c([B])c([B])c6c(c5[B])c5c([B])c([B])c([B])c([B])c5n6-c5ccccc5[B])c([B])c([B])c43)c([B])c3c2sc2c([B])c([B])c([B])c([B])c23)cc1. The minimum atomic E-state index is -0.130. The molecule has 3 aromatic heterocycles. The normalized spacial score (nSPS) is 11.9. The molecule has 282 valence electrons. The standard InChI is InChI=1S/C48H8B22N2S/c49-10-7-5-9(6-8-10)13-29(58)46(30(59)21-20-28(57)33(62)36(65)41(70)48(20)73-47(13)21)72-44-17(19-27(56)32(61)35(64)40(69)45(19)72)23(52)15(25(54)38(44)67)14-22(51)16-18-26(55)31(60)34(63)39(68)43(18)71(42(16)37(66)24(14)53)12-4-2-1-3-11(12)50/h1-8H. The zero-order chi connectivity index (χ0) is 52.6. The van der Waals surface area contributed by atoms with Crippen molar-refractivity contribution < 1.29 is 0 Å². The van der Waals surface area contributed by atoms with Crippen LogP contribution in [0.25, 0.3) is 97.4 Å². The molecular formula is C48H8B22N2S. The zero-order valence-corrected chi connectivity index (χ0v) is 39.4. The van der Waals surface area contributed by atoms with Crippen LogP contribution in [0.3, 0.4) is 0 Å². The topological polar surface area (TPSA) is 9.86 Å². The molecule has 11 aromatic rings. The van der Waals surface area contributed by atoms with Crippen molar-refractivity contribution in [3.05, 3.63) is 48.5 Å². The van der Waals surface area contributed by atoms with E-state index in [4.69, 9.17) is 173 Å². The third-order valence-corrected chi connectivity index (χ3v) is 15.5. The molecule has 3 heterocycles. The number of para-hydroxylation sites is 1. The number of fused-ring (bicyclic) bond motifs is 9. The third-order valence-electron chi connectivity index (χ3n) is 14.3. The van der Waals surface area contributed by atoms with Crippen LogP contribution in [-0.2, 0) is 0 Å². The van der Waals surface area contributed by atoms with E-state index in [-0.39, 0.29) is 164 Å². The first-order chi connectivity index (χ1) is 34.5. The van der Waals surface area contributed by atoms with Gasteiger partial charge in [-0.1, -0.05) is 130 Å². The van der Waals surface area contributed by atoms with E-state index >= 15 is 0 Å². The van der Waals surface area contributed by atoms with Crippen LogP contribution < -0.4 is 120 Å². The molecule has 0 saturated carbocycles. The highest BCUT2D eigenvalue weighted by Crippen LogP contribution is 2.39. The number of aromatic nitrogens is 2. The van der Waals surface area contributed by atoms with Crippen molar-refractivity contribution in [1.82, 2.24) is 9.13 Å². The van der Waals surface area contributed by atoms with Crippen LogP contribution >= 0.6 is 11.3 Å². The number of nitrogens with zero attached hydrogens (tertiary/aromatic N) is 2. The first-order valence-electron chi connectivity index (χ1n) is 22.0. The Kier molecular flexibility index (Phi) is 11.9. The van der Waals surface area contributed by atoms with E-state index in [9.17, 15) is 0 Å². The molecule has 0 spiro atoms. The summed E-state index contributed by atoms with van der Waals surface area (Å²) in [4.78, 5) is 0. The Bertz CT molecular complexity index is 4400. The first-order valence-corrected chi connectivity index (χ1v) is 22.8. The number of hydrogen-bond acceptors (Lipinski definition) is 1. The lowest BCUT2D eigenvalue weighted by Gasteiger charge is -2.26. The molecule has 0 atom stereocenters. The van der Waals surface area contributed by atoms with Crippen molar-refractivity contribution >= 4 is 368 Å². The Balaban J connectivity index is 1.36. The highest BCUT2D eigenvalue weighted by atomic mass is 32.1. The van der Waals surface area contributed by atoms with Crippen LogP contribution in [0, 0.1) is 0 Å². The van der Waals surface area contributed by atoms with Gasteiger partial charge in [-0.25, -0.2) is 0 Å². The molecule has 0 amide bonds. The summed E-state index contributed by atoms with van der Waals surface area (Å²) in [5.41, 5.74) is 3.55. The first kappa shape index (κ1) is 50.2. The summed E-state index contributed by atoms with van der Waals surface area (Å²) in [6.45, 7) is 0. The van der Waals surface area contributed by atoms with E-state index < -0.39 is 0 Å². The summed E-state index contributed by atoms with van der Waals surface area (Å²) in [7, 11) is 152. The van der Waals surface area contributed by atoms with E-state index in [1.807, 2.05) is 0 Å². The van der Waals surface area contributed by atoms with Crippen LogP contribution in [0.15, 0.2) is 48.5 Å². The minimum absolute atomic E-state index is 0.00524. The molecule has 0 saturated heterocycles. The quantitative estimate of drug-likeness (QED) is 0.156. The van der Waals surface area contributed by atoms with Gasteiger partial charge in [-0.3, -0.25) is 0 Å². The summed E-state index contributed by atoms with van der Waals surface area (Å²) in [6.07, 6.45) is 0. The highest BCUT2D eigenvalue weighted by Gasteiger charge is 2.31. The Labute approximate surface area is 456 Å². The lowest BCUT2D eigenvalue weighted by atomic mass is 9.61. The second-order valence-electron chi connectivity index (χ2n) is 18.0. The van der Waals surface area contributed by atoms with Gasteiger partial charge in [0.1, 0.15) is 173 Å². The number of benzene rings is 8. The van der Waals surface area contributed by atoms with Gasteiger partial charge < -0.3 is 9.13 Å². The molecule has 0 aliphatic rings. The van der Waals surface area contributed by atoms with Gasteiger partial charge in [0.25, 0.3) is 0 Å². The smallest absolute Gasteiger partial charge is 0.117 e. The van der Waals surface area contributed by atoms with Crippen molar-refractivity contribution in [3.8, 4) is 33.6 Å².